The van der Waals surface area contributed by atoms with E-state index in [2.05, 4.69) is 0 Å². The minimum Gasteiger partial charge on any atom is -0.463 e. The van der Waals surface area contributed by atoms with Gasteiger partial charge in [0.1, 0.15) is 25.4 Å². The Morgan fingerprint density at radius 2 is 1.35 bits per heavy atom. The van der Waals surface area contributed by atoms with E-state index in [1.807, 2.05) is 0 Å². The fourth-order valence-corrected chi connectivity index (χ4v) is 1.61. The van der Waals surface area contributed by atoms with Crippen LogP contribution in [0.3, 0.4) is 0 Å². The molecule has 0 amide bonds. The van der Waals surface area contributed by atoms with Crippen LogP contribution in [-0.4, -0.2) is 50.6 Å². The summed E-state index contributed by atoms with van der Waals surface area (Å²) >= 11 is 0. The fourth-order valence-electron chi connectivity index (χ4n) is 1.61. The van der Waals surface area contributed by atoms with Crippen molar-refractivity contribution in [3.63, 3.8) is 0 Å². The summed E-state index contributed by atoms with van der Waals surface area (Å²) in [5, 5.41) is 0. The summed E-state index contributed by atoms with van der Waals surface area (Å²) in [5.41, 5.74) is 0. The van der Waals surface area contributed by atoms with E-state index in [-0.39, 0.29) is 36.0 Å². The van der Waals surface area contributed by atoms with E-state index in [1.165, 1.54) is 0 Å². The van der Waals surface area contributed by atoms with Crippen LogP contribution in [0, 0.1) is 11.8 Å². The highest BCUT2D eigenvalue weighted by atomic mass is 16.6. The zero-order chi connectivity index (χ0) is 11.8. The van der Waals surface area contributed by atoms with Crippen molar-refractivity contribution in [3.05, 3.63) is 0 Å². The number of hydrogen-bond donors (Lipinski definition) is 0. The van der Waals surface area contributed by atoms with Gasteiger partial charge in [0.05, 0.1) is 25.0 Å². The molecule has 0 aromatic rings. The van der Waals surface area contributed by atoms with Crippen LogP contribution in [0.15, 0.2) is 0 Å². The lowest BCUT2D eigenvalue weighted by molar-refractivity contribution is -0.151. The molecule has 2 heterocycles. The molecule has 6 nitrogen and oxygen atoms in total. The second kappa shape index (κ2) is 4.27. The van der Waals surface area contributed by atoms with Gasteiger partial charge in [0.25, 0.3) is 0 Å². The van der Waals surface area contributed by atoms with Gasteiger partial charge < -0.3 is 18.9 Å². The highest BCUT2D eigenvalue weighted by Gasteiger charge is 2.51. The molecular formula is C11H14O6. The normalized spacial score (nSPS) is 37.2. The average Bonchev–Trinajstić information content (AvgIpc) is 3.14. The Labute approximate surface area is 98.1 Å². The molecule has 2 unspecified atom stereocenters. The van der Waals surface area contributed by atoms with Gasteiger partial charge >= 0.3 is 11.9 Å². The first-order chi connectivity index (χ1) is 8.24. The first-order valence-corrected chi connectivity index (χ1v) is 5.80. The van der Waals surface area contributed by atoms with Gasteiger partial charge in [-0.25, -0.2) is 0 Å². The van der Waals surface area contributed by atoms with Crippen LogP contribution < -0.4 is 0 Å². The maximum atomic E-state index is 11.5. The van der Waals surface area contributed by atoms with Crippen molar-refractivity contribution < 1.29 is 28.5 Å². The summed E-state index contributed by atoms with van der Waals surface area (Å²) in [5.74, 6) is -1.27. The van der Waals surface area contributed by atoms with Gasteiger partial charge in [-0.2, -0.15) is 0 Å². The Morgan fingerprint density at radius 3 is 1.71 bits per heavy atom. The van der Waals surface area contributed by atoms with Gasteiger partial charge in [0.2, 0.25) is 0 Å². The van der Waals surface area contributed by atoms with Crippen molar-refractivity contribution in [1.29, 1.82) is 0 Å². The van der Waals surface area contributed by atoms with E-state index in [9.17, 15) is 9.59 Å². The second-order valence-electron chi connectivity index (χ2n) is 4.62. The van der Waals surface area contributed by atoms with Crippen LogP contribution in [0.4, 0.5) is 0 Å². The molecule has 0 aromatic heterocycles. The Hall–Kier alpha value is -1.14. The van der Waals surface area contributed by atoms with Crippen LogP contribution in [0.2, 0.25) is 0 Å². The van der Waals surface area contributed by atoms with Crippen LogP contribution in [-0.2, 0) is 28.5 Å². The predicted molar refractivity (Wildman–Crippen MR) is 53.0 cm³/mol. The van der Waals surface area contributed by atoms with Crippen LogP contribution in [0.5, 0.6) is 0 Å². The molecule has 3 rings (SSSR count). The third-order valence-electron chi connectivity index (χ3n) is 3.02. The number of carbonyl (C=O) groups excluding carboxylic acids is 2. The minimum atomic E-state index is -0.318. The standard InChI is InChI=1S/C11H14O6/c12-10(16-4-6-2-14-6)8-1-9(8)11(13)17-5-7-3-15-7/h6-9H,1-5H2/t6?,7?,8-,9-/m1/s1. The lowest BCUT2D eigenvalue weighted by Crippen LogP contribution is -2.17. The Kier molecular flexibility index (Phi) is 2.76. The van der Waals surface area contributed by atoms with Crippen molar-refractivity contribution in [2.75, 3.05) is 26.4 Å². The van der Waals surface area contributed by atoms with E-state index in [4.69, 9.17) is 18.9 Å². The molecule has 3 fully saturated rings. The predicted octanol–water partition coefficient (Wildman–Crippen LogP) is -0.494. The lowest BCUT2D eigenvalue weighted by atomic mass is 10.3. The Bertz CT molecular complexity index is 301. The average molecular weight is 242 g/mol. The molecule has 0 aromatic carbocycles. The molecule has 17 heavy (non-hydrogen) atoms. The highest BCUT2D eigenvalue weighted by Crippen LogP contribution is 2.40. The third-order valence-corrected chi connectivity index (χ3v) is 3.02. The van der Waals surface area contributed by atoms with E-state index >= 15 is 0 Å². The van der Waals surface area contributed by atoms with Gasteiger partial charge in [0, 0.05) is 0 Å². The largest absolute Gasteiger partial charge is 0.463 e. The van der Waals surface area contributed by atoms with Gasteiger partial charge in [0.15, 0.2) is 0 Å². The number of ether oxygens (including phenoxy) is 4. The summed E-state index contributed by atoms with van der Waals surface area (Å²) in [4.78, 5) is 23.0. The summed E-state index contributed by atoms with van der Waals surface area (Å²) in [6.07, 6.45) is 0.666. The number of epoxide rings is 2. The maximum Gasteiger partial charge on any atom is 0.309 e. The molecule has 94 valence electrons. The molecule has 1 saturated carbocycles. The molecule has 4 atom stereocenters. The van der Waals surface area contributed by atoms with Gasteiger partial charge in [-0.1, -0.05) is 0 Å². The minimum absolute atomic E-state index is 0.0649. The van der Waals surface area contributed by atoms with Crippen molar-refractivity contribution in [1.82, 2.24) is 0 Å². The Morgan fingerprint density at radius 1 is 0.941 bits per heavy atom. The Balaban J connectivity index is 1.35. The van der Waals surface area contributed by atoms with Crippen molar-refractivity contribution in [3.8, 4) is 0 Å². The van der Waals surface area contributed by atoms with E-state index in [0.717, 1.165) is 0 Å². The lowest BCUT2D eigenvalue weighted by Gasteiger charge is -2.03. The van der Waals surface area contributed by atoms with Crippen LogP contribution >= 0.6 is 0 Å². The summed E-state index contributed by atoms with van der Waals surface area (Å²) in [7, 11) is 0. The molecule has 0 bridgehead atoms. The van der Waals surface area contributed by atoms with Crippen LogP contribution in [0.25, 0.3) is 0 Å². The molecule has 0 spiro atoms. The zero-order valence-corrected chi connectivity index (χ0v) is 9.29. The van der Waals surface area contributed by atoms with Crippen molar-refractivity contribution in [2.45, 2.75) is 18.6 Å². The van der Waals surface area contributed by atoms with Crippen molar-refractivity contribution >= 4 is 11.9 Å². The fraction of sp³-hybridized carbons (Fsp3) is 0.818. The quantitative estimate of drug-likeness (QED) is 0.462. The first kappa shape index (κ1) is 11.0. The third kappa shape index (κ3) is 2.95. The van der Waals surface area contributed by atoms with Gasteiger partial charge in [-0.15, -0.1) is 0 Å². The zero-order valence-electron chi connectivity index (χ0n) is 9.29. The van der Waals surface area contributed by atoms with E-state index < -0.39 is 0 Å². The number of hydrogen-bond acceptors (Lipinski definition) is 6. The number of carbonyl (C=O) groups is 2. The molecule has 1 aliphatic carbocycles. The van der Waals surface area contributed by atoms with Gasteiger partial charge in [-0.3, -0.25) is 9.59 Å². The second-order valence-corrected chi connectivity index (χ2v) is 4.62. The molecule has 0 radical (unpaired) electrons. The van der Waals surface area contributed by atoms with Gasteiger partial charge in [-0.05, 0) is 6.42 Å². The van der Waals surface area contributed by atoms with E-state index in [0.29, 0.717) is 32.8 Å². The summed E-state index contributed by atoms with van der Waals surface area (Å²) in [6.45, 7) is 1.91. The van der Waals surface area contributed by atoms with E-state index in [1.54, 1.807) is 0 Å². The SMILES string of the molecule is O=C(OCC1CO1)[C@@H]1C[C@H]1C(=O)OCC1CO1. The smallest absolute Gasteiger partial charge is 0.309 e. The molecule has 6 heteroatoms. The summed E-state index contributed by atoms with van der Waals surface area (Å²) < 4.78 is 19.9. The number of esters is 2. The van der Waals surface area contributed by atoms with Crippen LogP contribution in [0.1, 0.15) is 6.42 Å². The topological polar surface area (TPSA) is 77.7 Å². The molecule has 0 N–H and O–H groups in total. The number of rotatable bonds is 6. The van der Waals surface area contributed by atoms with Crippen molar-refractivity contribution in [2.24, 2.45) is 11.8 Å². The first-order valence-electron chi connectivity index (χ1n) is 5.80. The molecular weight excluding hydrogens is 228 g/mol. The molecule has 3 aliphatic rings. The molecule has 2 aliphatic heterocycles. The monoisotopic (exact) mass is 242 g/mol. The highest BCUT2D eigenvalue weighted by molar-refractivity contribution is 5.87. The molecule has 2 saturated heterocycles. The maximum absolute atomic E-state index is 11.5. The summed E-state index contributed by atoms with van der Waals surface area (Å²) in [6, 6.07) is 0.